The van der Waals surface area contributed by atoms with Gasteiger partial charge in [0.05, 0.1) is 5.69 Å². The lowest BCUT2D eigenvalue weighted by atomic mass is 9.91. The van der Waals surface area contributed by atoms with E-state index in [4.69, 9.17) is 16.6 Å². The zero-order valence-corrected chi connectivity index (χ0v) is 24.8. The van der Waals surface area contributed by atoms with Crippen LogP contribution in [0.2, 0.25) is 0 Å². The average molecular weight is 597 g/mol. The van der Waals surface area contributed by atoms with Gasteiger partial charge in [-0.15, -0.1) is 11.3 Å². The first kappa shape index (κ1) is 31.8. The molecule has 0 bridgehead atoms. The number of benzene rings is 1. The average Bonchev–Trinajstić information content (AvgIpc) is 3.40. The van der Waals surface area contributed by atoms with E-state index in [0.29, 0.717) is 29.7 Å². The summed E-state index contributed by atoms with van der Waals surface area (Å²) in [6, 6.07) is 12.6. The third-order valence-corrected chi connectivity index (χ3v) is 8.05. The molecular weight excluding hydrogens is 560 g/mol. The number of rotatable bonds is 16. The molecule has 1 unspecified atom stereocenters. The molecule has 0 aliphatic carbocycles. The maximum Gasteiger partial charge on any atom is 0.204 e. The van der Waals surface area contributed by atoms with Crippen LogP contribution in [0, 0.1) is 28.1 Å². The fourth-order valence-electron chi connectivity index (χ4n) is 4.12. The van der Waals surface area contributed by atoms with E-state index in [0.717, 1.165) is 49.3 Å². The van der Waals surface area contributed by atoms with Gasteiger partial charge in [-0.3, -0.25) is 15.8 Å². The molecule has 41 heavy (non-hydrogen) atoms. The van der Waals surface area contributed by atoms with Crippen molar-refractivity contribution >= 4 is 40.1 Å². The Hall–Kier alpha value is -3.73. The second-order valence-corrected chi connectivity index (χ2v) is 11.4. The van der Waals surface area contributed by atoms with Gasteiger partial charge in [0, 0.05) is 47.8 Å². The van der Waals surface area contributed by atoms with E-state index in [2.05, 4.69) is 38.7 Å². The van der Waals surface area contributed by atoms with Gasteiger partial charge in [0.15, 0.2) is 17.3 Å². The Morgan fingerprint density at radius 2 is 1.98 bits per heavy atom. The SMILES string of the molecule is CN(CCCCNC(=N)N(C#N)CCSCc1csc(NC(=N)N)n1)CCC(c1ccc(F)cc1)c1ccccn1. The summed E-state index contributed by atoms with van der Waals surface area (Å²) >= 11 is 3.02. The third kappa shape index (κ3) is 11.3. The largest absolute Gasteiger partial charge is 0.370 e. The highest BCUT2D eigenvalue weighted by molar-refractivity contribution is 7.98. The number of nitrogens with zero attached hydrogens (tertiary/aromatic N) is 5. The third-order valence-electron chi connectivity index (χ3n) is 6.27. The molecule has 2 heterocycles. The second kappa shape index (κ2) is 17.2. The first-order valence-electron chi connectivity index (χ1n) is 13.3. The van der Waals surface area contributed by atoms with Gasteiger partial charge in [0.1, 0.15) is 5.82 Å². The molecule has 1 atom stereocenters. The van der Waals surface area contributed by atoms with Crippen molar-refractivity contribution in [3.63, 3.8) is 0 Å². The normalized spacial score (nSPS) is 11.6. The maximum atomic E-state index is 13.5. The minimum Gasteiger partial charge on any atom is -0.370 e. The predicted octanol–water partition coefficient (Wildman–Crippen LogP) is 4.46. The number of aromatic nitrogens is 2. The van der Waals surface area contributed by atoms with Crippen LogP contribution in [0.5, 0.6) is 0 Å². The number of thiazole rings is 1. The number of nitrogens with one attached hydrogen (secondary N) is 4. The summed E-state index contributed by atoms with van der Waals surface area (Å²) < 4.78 is 13.5. The molecule has 0 amide bonds. The van der Waals surface area contributed by atoms with E-state index in [1.165, 1.54) is 28.4 Å². The quantitative estimate of drug-likeness (QED) is 0.0530. The zero-order chi connectivity index (χ0) is 29.5. The van der Waals surface area contributed by atoms with E-state index in [9.17, 15) is 9.65 Å². The van der Waals surface area contributed by atoms with Gasteiger partial charge >= 0.3 is 0 Å². The summed E-state index contributed by atoms with van der Waals surface area (Å²) in [6.07, 6.45) is 6.58. The molecule has 0 spiro atoms. The summed E-state index contributed by atoms with van der Waals surface area (Å²) in [5, 5.41) is 33.2. The number of anilines is 1. The summed E-state index contributed by atoms with van der Waals surface area (Å²) in [5.74, 6) is 1.17. The van der Waals surface area contributed by atoms with Crippen molar-refractivity contribution in [3.05, 3.63) is 76.8 Å². The molecular formula is C28H37FN10S2. The lowest BCUT2D eigenvalue weighted by molar-refractivity contribution is 0.315. The molecule has 0 aliphatic heterocycles. The van der Waals surface area contributed by atoms with Crippen molar-refractivity contribution in [2.75, 3.05) is 44.3 Å². The molecule has 218 valence electrons. The molecule has 3 aromatic rings. The van der Waals surface area contributed by atoms with Crippen molar-refractivity contribution in [3.8, 4) is 6.19 Å². The fraction of sp³-hybridized carbons (Fsp3) is 0.393. The Kier molecular flexibility index (Phi) is 13.3. The van der Waals surface area contributed by atoms with Crippen molar-refractivity contribution in [1.29, 1.82) is 16.1 Å². The summed E-state index contributed by atoms with van der Waals surface area (Å²) in [4.78, 5) is 12.5. The fourth-order valence-corrected chi connectivity index (χ4v) is 5.76. The number of hydrogen-bond acceptors (Lipinski definition) is 8. The molecule has 0 saturated heterocycles. The number of nitriles is 1. The van der Waals surface area contributed by atoms with Gasteiger partial charge in [-0.25, -0.2) is 14.3 Å². The number of nitrogens with two attached hydrogens (primary N) is 1. The summed E-state index contributed by atoms with van der Waals surface area (Å²) in [5.41, 5.74) is 8.24. The molecule has 2 aromatic heterocycles. The summed E-state index contributed by atoms with van der Waals surface area (Å²) in [6.45, 7) is 2.84. The van der Waals surface area contributed by atoms with Crippen molar-refractivity contribution < 1.29 is 4.39 Å². The molecule has 1 aromatic carbocycles. The Morgan fingerprint density at radius 1 is 1.17 bits per heavy atom. The lowest BCUT2D eigenvalue weighted by Crippen LogP contribution is -2.39. The molecule has 3 rings (SSSR count). The van der Waals surface area contributed by atoms with E-state index >= 15 is 0 Å². The van der Waals surface area contributed by atoms with Crippen LogP contribution in [0.15, 0.2) is 54.0 Å². The van der Waals surface area contributed by atoms with Crippen LogP contribution in [0.25, 0.3) is 0 Å². The highest BCUT2D eigenvalue weighted by atomic mass is 32.2. The van der Waals surface area contributed by atoms with Gasteiger partial charge in [-0.2, -0.15) is 17.0 Å². The predicted molar refractivity (Wildman–Crippen MR) is 166 cm³/mol. The van der Waals surface area contributed by atoms with Crippen LogP contribution >= 0.6 is 23.1 Å². The molecule has 0 fully saturated rings. The van der Waals surface area contributed by atoms with E-state index in [1.54, 1.807) is 18.0 Å². The standard InChI is InChI=1S/C28H37FN10S2/c1-38(15-11-24(25-6-2-3-12-34-25)21-7-9-22(29)10-8-21)14-5-4-13-35-27(33)39(20-30)16-17-40-18-23-19-41-28(36-23)37-26(31)32/h2-3,6-10,12,19,24H,4-5,11,13-18H2,1H3,(H2,33,35)(H4,31,32,36,37). The first-order chi connectivity index (χ1) is 19.9. The van der Waals surface area contributed by atoms with Gasteiger partial charge in [0.25, 0.3) is 0 Å². The van der Waals surface area contributed by atoms with Crippen LogP contribution in [0.4, 0.5) is 9.52 Å². The number of halogens is 1. The van der Waals surface area contributed by atoms with Gasteiger partial charge in [0.2, 0.25) is 5.96 Å². The van der Waals surface area contributed by atoms with Crippen molar-refractivity contribution in [2.24, 2.45) is 5.73 Å². The highest BCUT2D eigenvalue weighted by Gasteiger charge is 2.16. The van der Waals surface area contributed by atoms with Crippen LogP contribution in [0.3, 0.4) is 0 Å². The van der Waals surface area contributed by atoms with Crippen LogP contribution in [-0.4, -0.2) is 70.7 Å². The van der Waals surface area contributed by atoms with Crippen LogP contribution in [-0.2, 0) is 5.75 Å². The van der Waals surface area contributed by atoms with Crippen LogP contribution in [0.1, 0.15) is 42.1 Å². The number of thioether (sulfide) groups is 1. The maximum absolute atomic E-state index is 13.5. The highest BCUT2D eigenvalue weighted by Crippen LogP contribution is 2.27. The number of unbranched alkanes of at least 4 members (excludes halogenated alkanes) is 1. The van der Waals surface area contributed by atoms with Crippen molar-refractivity contribution in [2.45, 2.75) is 30.9 Å². The van der Waals surface area contributed by atoms with E-state index in [1.807, 2.05) is 35.7 Å². The second-order valence-electron chi connectivity index (χ2n) is 9.42. The molecule has 6 N–H and O–H groups in total. The molecule has 13 heteroatoms. The number of pyridine rings is 1. The lowest BCUT2D eigenvalue weighted by Gasteiger charge is -2.22. The van der Waals surface area contributed by atoms with Gasteiger partial charge in [-0.05, 0) is 69.2 Å². The minimum atomic E-state index is -0.241. The molecule has 10 nitrogen and oxygen atoms in total. The molecule has 0 aliphatic rings. The molecule has 0 saturated carbocycles. The number of guanidine groups is 2. The topological polar surface area (TPSA) is 154 Å². The van der Waals surface area contributed by atoms with Crippen LogP contribution < -0.4 is 16.4 Å². The Bertz CT molecular complexity index is 1260. The van der Waals surface area contributed by atoms with Gasteiger partial charge in [-0.1, -0.05) is 18.2 Å². The smallest absolute Gasteiger partial charge is 0.204 e. The minimum absolute atomic E-state index is 0.0965. The Balaban J connectivity index is 1.31. The monoisotopic (exact) mass is 596 g/mol. The van der Waals surface area contributed by atoms with Crippen molar-refractivity contribution in [1.82, 2.24) is 25.1 Å². The Labute approximate surface area is 249 Å². The van der Waals surface area contributed by atoms with Gasteiger partial charge < -0.3 is 21.3 Å². The van der Waals surface area contributed by atoms with E-state index in [-0.39, 0.29) is 23.7 Å². The summed E-state index contributed by atoms with van der Waals surface area (Å²) in [7, 11) is 2.09. The Morgan fingerprint density at radius 3 is 2.68 bits per heavy atom. The molecule has 0 radical (unpaired) electrons. The van der Waals surface area contributed by atoms with E-state index < -0.39 is 0 Å². The zero-order valence-electron chi connectivity index (χ0n) is 23.1. The number of hydrogen-bond donors (Lipinski definition) is 5. The first-order valence-corrected chi connectivity index (χ1v) is 15.4.